The van der Waals surface area contributed by atoms with E-state index in [0.717, 1.165) is 19.5 Å². The van der Waals surface area contributed by atoms with E-state index in [2.05, 4.69) is 29.2 Å². The van der Waals surface area contributed by atoms with E-state index >= 15 is 0 Å². The maximum atomic E-state index is 11.4. The van der Waals surface area contributed by atoms with Crippen molar-refractivity contribution >= 4 is 5.91 Å². The second kappa shape index (κ2) is 6.50. The molecule has 1 heterocycles. The van der Waals surface area contributed by atoms with Gasteiger partial charge in [0.1, 0.15) is 0 Å². The quantitative estimate of drug-likeness (QED) is 0.695. The van der Waals surface area contributed by atoms with Gasteiger partial charge in [-0.05, 0) is 53.9 Å². The molecule has 0 aromatic rings. The molecule has 18 heavy (non-hydrogen) atoms. The van der Waals surface area contributed by atoms with E-state index in [4.69, 9.17) is 5.73 Å². The number of piperidine rings is 1. The Morgan fingerprint density at radius 3 is 2.78 bits per heavy atom. The fourth-order valence-electron chi connectivity index (χ4n) is 2.45. The molecule has 1 rings (SSSR count). The Morgan fingerprint density at radius 1 is 1.61 bits per heavy atom. The lowest BCUT2D eigenvalue weighted by molar-refractivity contribution is -0.124. The summed E-state index contributed by atoms with van der Waals surface area (Å²) in [6, 6.07) is 0.595. The number of amides is 1. The molecule has 0 aromatic heterocycles. The van der Waals surface area contributed by atoms with E-state index in [1.165, 1.54) is 19.4 Å². The van der Waals surface area contributed by atoms with Crippen molar-refractivity contribution in [1.29, 1.82) is 0 Å². The Morgan fingerprint density at radius 2 is 2.28 bits per heavy atom. The van der Waals surface area contributed by atoms with Crippen molar-refractivity contribution in [2.75, 3.05) is 40.8 Å². The third-order valence-electron chi connectivity index (χ3n) is 4.28. The van der Waals surface area contributed by atoms with Crippen molar-refractivity contribution < 1.29 is 4.79 Å². The van der Waals surface area contributed by atoms with E-state index in [1.807, 2.05) is 6.92 Å². The fraction of sp³-hybridized carbons (Fsp3) is 0.923. The maximum Gasteiger partial charge on any atom is 0.237 e. The second-order valence-electron chi connectivity index (χ2n) is 5.74. The molecular formula is C13H28N4O. The molecule has 0 aliphatic carbocycles. The highest BCUT2D eigenvalue weighted by Gasteiger charge is 2.30. The summed E-state index contributed by atoms with van der Waals surface area (Å²) in [5, 5.41) is 3.03. The zero-order valence-corrected chi connectivity index (χ0v) is 12.2. The zero-order valence-electron chi connectivity index (χ0n) is 12.2. The van der Waals surface area contributed by atoms with Gasteiger partial charge in [-0.25, -0.2) is 0 Å². The van der Waals surface area contributed by atoms with Crippen LogP contribution in [-0.4, -0.2) is 68.1 Å². The van der Waals surface area contributed by atoms with Crippen LogP contribution in [0.3, 0.4) is 0 Å². The molecule has 1 saturated heterocycles. The molecule has 5 heteroatoms. The van der Waals surface area contributed by atoms with Gasteiger partial charge in [0.2, 0.25) is 5.91 Å². The Balaban J connectivity index is 2.44. The molecule has 2 unspecified atom stereocenters. The highest BCUT2D eigenvalue weighted by Crippen LogP contribution is 2.16. The normalized spacial score (nSPS) is 25.1. The van der Waals surface area contributed by atoms with E-state index in [-0.39, 0.29) is 5.91 Å². The number of nitrogens with one attached hydrogen (secondary N) is 1. The van der Waals surface area contributed by atoms with Crippen LogP contribution in [0, 0.1) is 0 Å². The predicted molar refractivity (Wildman–Crippen MR) is 74.4 cm³/mol. The topological polar surface area (TPSA) is 61.6 Å². The molecule has 1 aliphatic heterocycles. The number of likely N-dealkylation sites (tertiary alicyclic amines) is 1. The summed E-state index contributed by atoms with van der Waals surface area (Å²) < 4.78 is 0. The highest BCUT2D eigenvalue weighted by atomic mass is 16.1. The summed E-state index contributed by atoms with van der Waals surface area (Å²) in [4.78, 5) is 16.2. The number of primary amides is 1. The number of carbonyl (C=O) groups is 1. The van der Waals surface area contributed by atoms with Crippen LogP contribution in [0.25, 0.3) is 0 Å². The molecule has 0 saturated carbocycles. The van der Waals surface area contributed by atoms with Crippen LogP contribution in [0.4, 0.5) is 0 Å². The number of likely N-dealkylation sites (N-methyl/N-ethyl adjacent to an activating group) is 3. The minimum Gasteiger partial charge on any atom is -0.368 e. The lowest BCUT2D eigenvalue weighted by Crippen LogP contribution is -2.54. The van der Waals surface area contributed by atoms with Gasteiger partial charge in [0.25, 0.3) is 0 Å². The van der Waals surface area contributed by atoms with Crippen LogP contribution in [0.15, 0.2) is 0 Å². The molecule has 0 bridgehead atoms. The summed E-state index contributed by atoms with van der Waals surface area (Å²) in [5.74, 6) is -0.279. The van der Waals surface area contributed by atoms with Gasteiger partial charge in [0.15, 0.2) is 0 Å². The van der Waals surface area contributed by atoms with Gasteiger partial charge in [0.05, 0.1) is 5.54 Å². The monoisotopic (exact) mass is 256 g/mol. The SMILES string of the molecule is CNC(C)(CCN(C)C1CCCN(C)C1)C(N)=O. The first-order valence-corrected chi connectivity index (χ1v) is 6.76. The van der Waals surface area contributed by atoms with Crippen LogP contribution in [0.2, 0.25) is 0 Å². The van der Waals surface area contributed by atoms with Gasteiger partial charge < -0.3 is 20.9 Å². The van der Waals surface area contributed by atoms with Crippen molar-refractivity contribution in [3.8, 4) is 0 Å². The molecule has 1 amide bonds. The third kappa shape index (κ3) is 3.93. The molecule has 2 atom stereocenters. The first kappa shape index (κ1) is 15.4. The number of nitrogens with two attached hydrogens (primary N) is 1. The van der Waals surface area contributed by atoms with Gasteiger partial charge in [0, 0.05) is 19.1 Å². The Kier molecular flexibility index (Phi) is 5.56. The van der Waals surface area contributed by atoms with Crippen molar-refractivity contribution in [3.05, 3.63) is 0 Å². The average Bonchev–Trinajstić information content (AvgIpc) is 2.35. The smallest absolute Gasteiger partial charge is 0.237 e. The Bertz CT molecular complexity index is 284. The number of nitrogens with zero attached hydrogens (tertiary/aromatic N) is 2. The summed E-state index contributed by atoms with van der Waals surface area (Å²) >= 11 is 0. The van der Waals surface area contributed by atoms with Crippen molar-refractivity contribution in [3.63, 3.8) is 0 Å². The fourth-order valence-corrected chi connectivity index (χ4v) is 2.45. The second-order valence-corrected chi connectivity index (χ2v) is 5.74. The number of carbonyl (C=O) groups excluding carboxylic acids is 1. The van der Waals surface area contributed by atoms with Crippen LogP contribution >= 0.6 is 0 Å². The average molecular weight is 256 g/mol. The Labute approximate surface area is 111 Å². The minimum atomic E-state index is -0.602. The van der Waals surface area contributed by atoms with Gasteiger partial charge in [-0.1, -0.05) is 0 Å². The number of hydrogen-bond acceptors (Lipinski definition) is 4. The summed E-state index contributed by atoms with van der Waals surface area (Å²) in [5.41, 5.74) is 4.84. The van der Waals surface area contributed by atoms with Crippen LogP contribution in [0.1, 0.15) is 26.2 Å². The summed E-state index contributed by atoms with van der Waals surface area (Å²) in [6.45, 7) is 5.07. The van der Waals surface area contributed by atoms with E-state index in [9.17, 15) is 4.79 Å². The molecule has 1 fully saturated rings. The Hall–Kier alpha value is -0.650. The van der Waals surface area contributed by atoms with E-state index < -0.39 is 5.54 Å². The first-order valence-electron chi connectivity index (χ1n) is 6.76. The van der Waals surface area contributed by atoms with Gasteiger partial charge in [-0.3, -0.25) is 4.79 Å². The molecule has 106 valence electrons. The summed E-state index contributed by atoms with van der Waals surface area (Å²) in [7, 11) is 6.10. The molecular weight excluding hydrogens is 228 g/mol. The van der Waals surface area contributed by atoms with Crippen molar-refractivity contribution in [2.45, 2.75) is 37.8 Å². The molecule has 0 spiro atoms. The predicted octanol–water partition coefficient (Wildman–Crippen LogP) is -0.134. The lowest BCUT2D eigenvalue weighted by atomic mass is 9.96. The highest BCUT2D eigenvalue weighted by molar-refractivity contribution is 5.84. The zero-order chi connectivity index (χ0) is 13.8. The van der Waals surface area contributed by atoms with Gasteiger partial charge >= 0.3 is 0 Å². The van der Waals surface area contributed by atoms with Gasteiger partial charge in [-0.15, -0.1) is 0 Å². The molecule has 5 nitrogen and oxygen atoms in total. The standard InChI is InChI=1S/C13H28N4O/c1-13(15-2,12(14)18)7-9-17(4)11-6-5-8-16(3)10-11/h11,15H,5-10H2,1-4H3,(H2,14,18). The summed E-state index contributed by atoms with van der Waals surface area (Å²) in [6.07, 6.45) is 3.24. The number of hydrogen-bond donors (Lipinski definition) is 2. The molecule has 3 N–H and O–H groups in total. The van der Waals surface area contributed by atoms with Crippen LogP contribution < -0.4 is 11.1 Å². The van der Waals surface area contributed by atoms with Crippen molar-refractivity contribution in [2.24, 2.45) is 5.73 Å². The van der Waals surface area contributed by atoms with E-state index in [0.29, 0.717) is 6.04 Å². The largest absolute Gasteiger partial charge is 0.368 e. The molecule has 1 aliphatic rings. The molecule has 0 aromatic carbocycles. The molecule has 0 radical (unpaired) electrons. The van der Waals surface area contributed by atoms with Crippen LogP contribution in [-0.2, 0) is 4.79 Å². The van der Waals surface area contributed by atoms with Crippen LogP contribution in [0.5, 0.6) is 0 Å². The minimum absolute atomic E-state index is 0.279. The first-order chi connectivity index (χ1) is 8.39. The number of rotatable bonds is 6. The third-order valence-corrected chi connectivity index (χ3v) is 4.28. The van der Waals surface area contributed by atoms with Gasteiger partial charge in [-0.2, -0.15) is 0 Å². The maximum absolute atomic E-state index is 11.4. The van der Waals surface area contributed by atoms with E-state index in [1.54, 1.807) is 7.05 Å². The lowest BCUT2D eigenvalue weighted by Gasteiger charge is -2.37. The van der Waals surface area contributed by atoms with Crippen molar-refractivity contribution in [1.82, 2.24) is 15.1 Å².